The van der Waals surface area contributed by atoms with Crippen molar-refractivity contribution in [1.82, 2.24) is 4.98 Å². The van der Waals surface area contributed by atoms with Crippen LogP contribution in [0.2, 0.25) is 0 Å². The van der Waals surface area contributed by atoms with Gasteiger partial charge >= 0.3 is 0 Å². The number of hydrogen-bond donors (Lipinski definition) is 2. The number of nitrogens with one attached hydrogen (secondary N) is 1. The summed E-state index contributed by atoms with van der Waals surface area (Å²) < 4.78 is 10.9. The Bertz CT molecular complexity index is 551. The number of anilines is 2. The topological polar surface area (TPSA) is 73.3 Å². The van der Waals surface area contributed by atoms with Crippen molar-refractivity contribution in [2.45, 2.75) is 26.8 Å². The fourth-order valence-electron chi connectivity index (χ4n) is 1.76. The molecule has 0 spiro atoms. The number of aromatic nitrogens is 1. The highest BCUT2D eigenvalue weighted by atomic mass is 16.5. The van der Waals surface area contributed by atoms with E-state index in [-0.39, 0.29) is 6.04 Å². The summed E-state index contributed by atoms with van der Waals surface area (Å²) in [5.41, 5.74) is 6.32. The molecular weight excluding hydrogens is 242 g/mol. The number of furan rings is 1. The van der Waals surface area contributed by atoms with Crippen LogP contribution in [-0.4, -0.2) is 11.6 Å². The summed E-state index contributed by atoms with van der Waals surface area (Å²) in [6.07, 6.45) is 0. The molecule has 0 radical (unpaired) electrons. The van der Waals surface area contributed by atoms with Gasteiger partial charge in [0.2, 0.25) is 5.88 Å². The van der Waals surface area contributed by atoms with E-state index in [0.29, 0.717) is 24.0 Å². The first-order chi connectivity index (χ1) is 9.10. The quantitative estimate of drug-likeness (QED) is 0.865. The molecule has 0 aliphatic carbocycles. The highest BCUT2D eigenvalue weighted by Crippen LogP contribution is 2.24. The average Bonchev–Trinajstić information content (AvgIpc) is 2.80. The highest BCUT2D eigenvalue weighted by molar-refractivity contribution is 5.54. The smallest absolute Gasteiger partial charge is 0.239 e. The Morgan fingerprint density at radius 1 is 1.37 bits per heavy atom. The molecule has 5 heteroatoms. The summed E-state index contributed by atoms with van der Waals surface area (Å²) in [5, 5.41) is 3.26. The van der Waals surface area contributed by atoms with Crippen LogP contribution in [0.5, 0.6) is 5.88 Å². The first kappa shape index (κ1) is 13.3. The van der Waals surface area contributed by atoms with Gasteiger partial charge in [-0.1, -0.05) is 0 Å². The van der Waals surface area contributed by atoms with Crippen molar-refractivity contribution in [1.29, 1.82) is 0 Å². The Morgan fingerprint density at radius 2 is 2.16 bits per heavy atom. The fraction of sp³-hybridized carbons (Fsp3) is 0.357. The Morgan fingerprint density at radius 3 is 2.79 bits per heavy atom. The van der Waals surface area contributed by atoms with Gasteiger partial charge in [-0.05, 0) is 45.0 Å². The molecule has 3 N–H and O–H groups in total. The number of ether oxygens (including phenoxy) is 1. The molecule has 0 amide bonds. The maximum absolute atomic E-state index is 5.79. The van der Waals surface area contributed by atoms with Crippen LogP contribution in [0.15, 0.2) is 28.7 Å². The van der Waals surface area contributed by atoms with E-state index < -0.39 is 0 Å². The molecule has 0 aliphatic heterocycles. The lowest BCUT2D eigenvalue weighted by Gasteiger charge is -2.14. The number of nitrogen functional groups attached to an aromatic ring is 1. The lowest BCUT2D eigenvalue weighted by atomic mass is 10.2. The Balaban J connectivity index is 2.12. The van der Waals surface area contributed by atoms with E-state index in [1.807, 2.05) is 39.0 Å². The minimum atomic E-state index is 0.0271. The van der Waals surface area contributed by atoms with Gasteiger partial charge in [-0.2, -0.15) is 4.98 Å². The van der Waals surface area contributed by atoms with Crippen LogP contribution in [0.3, 0.4) is 0 Å². The van der Waals surface area contributed by atoms with Crippen LogP contribution in [-0.2, 0) is 0 Å². The second-order valence-corrected chi connectivity index (χ2v) is 4.34. The van der Waals surface area contributed by atoms with Gasteiger partial charge in [-0.15, -0.1) is 0 Å². The van der Waals surface area contributed by atoms with Gasteiger partial charge in [0, 0.05) is 0 Å². The van der Waals surface area contributed by atoms with Crippen molar-refractivity contribution in [2.24, 2.45) is 0 Å². The molecule has 0 aliphatic rings. The minimum Gasteiger partial charge on any atom is -0.476 e. The van der Waals surface area contributed by atoms with Crippen LogP contribution < -0.4 is 15.8 Å². The van der Waals surface area contributed by atoms with Crippen LogP contribution >= 0.6 is 0 Å². The molecule has 1 atom stereocenters. The number of nitrogens with zero attached hydrogens (tertiary/aromatic N) is 1. The lowest BCUT2D eigenvalue weighted by molar-refractivity contribution is 0.329. The largest absolute Gasteiger partial charge is 0.476 e. The van der Waals surface area contributed by atoms with Crippen molar-refractivity contribution in [3.8, 4) is 5.88 Å². The molecule has 19 heavy (non-hydrogen) atoms. The average molecular weight is 261 g/mol. The van der Waals surface area contributed by atoms with E-state index in [9.17, 15) is 0 Å². The third-order valence-corrected chi connectivity index (χ3v) is 2.72. The number of nitrogens with two attached hydrogens (primary N) is 1. The molecular formula is C14H19N3O2. The van der Waals surface area contributed by atoms with Gasteiger partial charge in [-0.25, -0.2) is 0 Å². The Kier molecular flexibility index (Phi) is 3.94. The summed E-state index contributed by atoms with van der Waals surface area (Å²) in [6.45, 7) is 6.37. The zero-order chi connectivity index (χ0) is 13.8. The third-order valence-electron chi connectivity index (χ3n) is 2.72. The zero-order valence-electron chi connectivity index (χ0n) is 11.4. The second kappa shape index (κ2) is 5.65. The summed E-state index contributed by atoms with van der Waals surface area (Å²) in [4.78, 5) is 4.33. The number of pyridine rings is 1. The second-order valence-electron chi connectivity index (χ2n) is 4.34. The molecule has 1 unspecified atom stereocenters. The highest BCUT2D eigenvalue weighted by Gasteiger charge is 2.11. The number of hydrogen-bond acceptors (Lipinski definition) is 5. The van der Waals surface area contributed by atoms with E-state index in [0.717, 1.165) is 11.5 Å². The van der Waals surface area contributed by atoms with Crippen molar-refractivity contribution in [3.63, 3.8) is 0 Å². The molecule has 0 aromatic carbocycles. The first-order valence-corrected chi connectivity index (χ1v) is 6.32. The third kappa shape index (κ3) is 3.19. The molecule has 2 heterocycles. The normalized spacial score (nSPS) is 12.2. The minimum absolute atomic E-state index is 0.0271. The fourth-order valence-corrected chi connectivity index (χ4v) is 1.76. The van der Waals surface area contributed by atoms with Crippen molar-refractivity contribution in [3.05, 3.63) is 35.8 Å². The summed E-state index contributed by atoms with van der Waals surface area (Å²) in [7, 11) is 0. The molecule has 0 saturated carbocycles. The van der Waals surface area contributed by atoms with Gasteiger partial charge in [0.1, 0.15) is 17.3 Å². The predicted octanol–water partition coefficient (Wildman–Crippen LogP) is 3.14. The van der Waals surface area contributed by atoms with Crippen LogP contribution in [0.1, 0.15) is 31.4 Å². The Hall–Kier alpha value is -2.17. The molecule has 0 saturated heterocycles. The van der Waals surface area contributed by atoms with Gasteiger partial charge in [0.25, 0.3) is 0 Å². The summed E-state index contributed by atoms with van der Waals surface area (Å²) in [5.74, 6) is 2.92. The van der Waals surface area contributed by atoms with Crippen molar-refractivity contribution >= 4 is 11.5 Å². The van der Waals surface area contributed by atoms with Crippen LogP contribution in [0.25, 0.3) is 0 Å². The molecule has 2 rings (SSSR count). The number of rotatable bonds is 5. The summed E-state index contributed by atoms with van der Waals surface area (Å²) in [6, 6.07) is 7.52. The summed E-state index contributed by atoms with van der Waals surface area (Å²) >= 11 is 0. The van der Waals surface area contributed by atoms with Gasteiger partial charge in [0.15, 0.2) is 0 Å². The van der Waals surface area contributed by atoms with Crippen LogP contribution in [0, 0.1) is 6.92 Å². The maximum atomic E-state index is 5.79. The van der Waals surface area contributed by atoms with Gasteiger partial charge in [-0.3, -0.25) is 0 Å². The zero-order valence-corrected chi connectivity index (χ0v) is 11.4. The Labute approximate surface area is 112 Å². The molecule has 5 nitrogen and oxygen atoms in total. The number of aryl methyl sites for hydroxylation is 1. The van der Waals surface area contributed by atoms with E-state index >= 15 is 0 Å². The van der Waals surface area contributed by atoms with E-state index in [1.165, 1.54) is 0 Å². The van der Waals surface area contributed by atoms with Crippen LogP contribution in [0.4, 0.5) is 11.5 Å². The van der Waals surface area contributed by atoms with Gasteiger partial charge in [0.05, 0.1) is 18.3 Å². The van der Waals surface area contributed by atoms with E-state index in [4.69, 9.17) is 14.9 Å². The van der Waals surface area contributed by atoms with Crippen molar-refractivity contribution in [2.75, 3.05) is 17.7 Å². The molecule has 2 aromatic rings. The SMILES string of the molecule is CCOc1nc(NC(C)c2ccc(C)o2)ccc1N. The van der Waals surface area contributed by atoms with Crippen molar-refractivity contribution < 1.29 is 9.15 Å². The predicted molar refractivity (Wildman–Crippen MR) is 75.3 cm³/mol. The maximum Gasteiger partial charge on any atom is 0.239 e. The standard InChI is InChI=1S/C14H19N3O2/c1-4-18-14-11(15)6-8-13(17-14)16-10(3)12-7-5-9(2)19-12/h5-8,10H,4,15H2,1-3H3,(H,16,17). The molecule has 2 aromatic heterocycles. The molecule has 0 fully saturated rings. The first-order valence-electron chi connectivity index (χ1n) is 6.32. The lowest BCUT2D eigenvalue weighted by Crippen LogP contribution is -2.08. The monoisotopic (exact) mass is 261 g/mol. The molecule has 0 bridgehead atoms. The van der Waals surface area contributed by atoms with E-state index in [1.54, 1.807) is 6.07 Å². The van der Waals surface area contributed by atoms with E-state index in [2.05, 4.69) is 10.3 Å². The van der Waals surface area contributed by atoms with Gasteiger partial charge < -0.3 is 20.2 Å². The molecule has 102 valence electrons.